The number of carbonyl (C=O) groups is 1. The summed E-state index contributed by atoms with van der Waals surface area (Å²) in [5, 5.41) is 3.60. The van der Waals surface area contributed by atoms with Crippen molar-refractivity contribution in [1.29, 1.82) is 0 Å². The first-order chi connectivity index (χ1) is 12.3. The monoisotopic (exact) mass is 377 g/mol. The van der Waals surface area contributed by atoms with Gasteiger partial charge in [-0.15, -0.1) is 0 Å². The molecule has 0 aliphatic rings. The zero-order chi connectivity index (χ0) is 18.7. The minimum atomic E-state index is -4.49. The topological polar surface area (TPSA) is 54.9 Å². The van der Waals surface area contributed by atoms with E-state index in [9.17, 15) is 18.0 Å². The molecule has 0 saturated heterocycles. The normalized spacial score (nSPS) is 11.4. The summed E-state index contributed by atoms with van der Waals surface area (Å²) in [6.07, 6.45) is 0.351. The second-order valence-corrected chi connectivity index (χ2v) is 6.69. The Hall–Kier alpha value is -2.74. The molecular formula is C18H14F3N3OS. The fourth-order valence-corrected chi connectivity index (χ4v) is 3.11. The van der Waals surface area contributed by atoms with Gasteiger partial charge < -0.3 is 5.32 Å². The number of carbonyl (C=O) groups excluding carboxylic acids is 1. The van der Waals surface area contributed by atoms with Crippen molar-refractivity contribution in [3.05, 3.63) is 76.1 Å². The van der Waals surface area contributed by atoms with E-state index in [2.05, 4.69) is 15.3 Å². The number of hydrogen-bond acceptors (Lipinski definition) is 5. The van der Waals surface area contributed by atoms with Gasteiger partial charge in [-0.05, 0) is 30.2 Å². The molecule has 2 aromatic heterocycles. The highest BCUT2D eigenvalue weighted by Gasteiger charge is 2.31. The summed E-state index contributed by atoms with van der Waals surface area (Å²) in [4.78, 5) is 20.9. The van der Waals surface area contributed by atoms with Crippen molar-refractivity contribution in [2.24, 2.45) is 0 Å². The smallest absolute Gasteiger partial charge is 0.357 e. The Labute approximate surface area is 151 Å². The highest BCUT2D eigenvalue weighted by molar-refractivity contribution is 7.17. The van der Waals surface area contributed by atoms with E-state index in [1.165, 1.54) is 18.3 Å². The number of pyridine rings is 1. The third-order valence-corrected chi connectivity index (χ3v) is 4.51. The predicted octanol–water partition coefficient (Wildman–Crippen LogP) is 4.71. The van der Waals surface area contributed by atoms with Crippen LogP contribution in [0.4, 0.5) is 18.3 Å². The Balaban J connectivity index is 1.72. The quantitative estimate of drug-likeness (QED) is 0.655. The van der Waals surface area contributed by atoms with Crippen molar-refractivity contribution < 1.29 is 18.0 Å². The molecule has 3 aromatic rings. The number of aromatic nitrogens is 2. The molecule has 3 rings (SSSR count). The van der Waals surface area contributed by atoms with E-state index in [-0.39, 0.29) is 10.4 Å². The number of thiazole rings is 1. The number of anilines is 1. The Bertz CT molecular complexity index is 937. The maximum Gasteiger partial charge on any atom is 0.416 e. The Morgan fingerprint density at radius 1 is 1.19 bits per heavy atom. The Kier molecular flexibility index (Phi) is 5.03. The van der Waals surface area contributed by atoms with Crippen LogP contribution in [0.5, 0.6) is 0 Å². The Morgan fingerprint density at radius 3 is 2.73 bits per heavy atom. The molecule has 1 aromatic carbocycles. The molecule has 0 aliphatic heterocycles. The lowest BCUT2D eigenvalue weighted by atomic mass is 10.1. The average Bonchev–Trinajstić information content (AvgIpc) is 3.08. The van der Waals surface area contributed by atoms with Crippen LogP contribution in [-0.2, 0) is 12.7 Å². The van der Waals surface area contributed by atoms with Gasteiger partial charge in [-0.3, -0.25) is 9.78 Å². The molecular weight excluding hydrogens is 363 g/mol. The highest BCUT2D eigenvalue weighted by atomic mass is 32.1. The minimum Gasteiger partial charge on any atom is -0.357 e. The molecule has 0 unspecified atom stereocenters. The van der Waals surface area contributed by atoms with Gasteiger partial charge in [0.25, 0.3) is 0 Å². The third-order valence-electron chi connectivity index (χ3n) is 3.56. The van der Waals surface area contributed by atoms with Crippen LogP contribution < -0.4 is 5.32 Å². The number of ketones is 1. The van der Waals surface area contributed by atoms with Crippen LogP contribution in [0.3, 0.4) is 0 Å². The zero-order valence-corrected chi connectivity index (χ0v) is 14.5. The first kappa shape index (κ1) is 18.1. The molecule has 134 valence electrons. The molecule has 0 fully saturated rings. The summed E-state index contributed by atoms with van der Waals surface area (Å²) in [5.74, 6) is -0.487. The summed E-state index contributed by atoms with van der Waals surface area (Å²) < 4.78 is 38.4. The number of nitrogens with zero attached hydrogens (tertiary/aromatic N) is 2. The van der Waals surface area contributed by atoms with Gasteiger partial charge in [-0.1, -0.05) is 29.5 Å². The summed E-state index contributed by atoms with van der Waals surface area (Å²) in [6, 6.07) is 6.35. The molecule has 4 nitrogen and oxygen atoms in total. The molecule has 0 amide bonds. The summed E-state index contributed by atoms with van der Waals surface area (Å²) in [5.41, 5.74) is 1.13. The molecule has 0 radical (unpaired) electrons. The van der Waals surface area contributed by atoms with E-state index in [0.717, 1.165) is 34.6 Å². The second-order valence-electron chi connectivity index (χ2n) is 5.66. The first-order valence-electron chi connectivity index (χ1n) is 7.65. The van der Waals surface area contributed by atoms with Crippen LogP contribution in [0.25, 0.3) is 0 Å². The standard InChI is InChI=1S/C18H14F3N3OS/c1-11-5-12(8-22-7-11)9-23-17-24-10-15(26-17)16(25)13-3-2-4-14(6-13)18(19,20)21/h2-8,10H,9H2,1H3,(H,23,24). The van der Waals surface area contributed by atoms with E-state index >= 15 is 0 Å². The molecule has 0 saturated carbocycles. The van der Waals surface area contributed by atoms with Crippen LogP contribution in [0, 0.1) is 6.92 Å². The van der Waals surface area contributed by atoms with E-state index < -0.39 is 17.5 Å². The number of alkyl halides is 3. The highest BCUT2D eigenvalue weighted by Crippen LogP contribution is 2.30. The van der Waals surface area contributed by atoms with E-state index in [0.29, 0.717) is 11.7 Å². The van der Waals surface area contributed by atoms with Crippen molar-refractivity contribution in [3.63, 3.8) is 0 Å². The van der Waals surface area contributed by atoms with Gasteiger partial charge in [-0.25, -0.2) is 4.98 Å². The van der Waals surface area contributed by atoms with Gasteiger partial charge in [-0.2, -0.15) is 13.2 Å². The third kappa shape index (κ3) is 4.26. The van der Waals surface area contributed by atoms with Gasteiger partial charge in [0.1, 0.15) is 0 Å². The van der Waals surface area contributed by atoms with Crippen molar-refractivity contribution in [2.45, 2.75) is 19.6 Å². The molecule has 1 N–H and O–H groups in total. The van der Waals surface area contributed by atoms with Gasteiger partial charge in [0.05, 0.1) is 16.6 Å². The second kappa shape index (κ2) is 7.25. The van der Waals surface area contributed by atoms with E-state index in [1.807, 2.05) is 13.0 Å². The molecule has 26 heavy (non-hydrogen) atoms. The number of halogens is 3. The van der Waals surface area contributed by atoms with Crippen molar-refractivity contribution in [3.8, 4) is 0 Å². The van der Waals surface area contributed by atoms with Crippen LogP contribution in [-0.4, -0.2) is 15.8 Å². The minimum absolute atomic E-state index is 0.0158. The van der Waals surface area contributed by atoms with Crippen molar-refractivity contribution >= 4 is 22.3 Å². The van der Waals surface area contributed by atoms with E-state index in [1.54, 1.807) is 12.4 Å². The maximum absolute atomic E-state index is 12.8. The summed E-state index contributed by atoms with van der Waals surface area (Å²) in [6.45, 7) is 2.42. The maximum atomic E-state index is 12.8. The summed E-state index contributed by atoms with van der Waals surface area (Å²) >= 11 is 1.10. The fourth-order valence-electron chi connectivity index (χ4n) is 2.33. The molecule has 8 heteroatoms. The van der Waals surface area contributed by atoms with Crippen LogP contribution in [0.1, 0.15) is 31.9 Å². The Morgan fingerprint density at radius 2 is 2.00 bits per heavy atom. The van der Waals surface area contributed by atoms with Gasteiger partial charge in [0.15, 0.2) is 5.13 Å². The van der Waals surface area contributed by atoms with Gasteiger partial charge in [0, 0.05) is 24.5 Å². The van der Waals surface area contributed by atoms with Crippen LogP contribution in [0.2, 0.25) is 0 Å². The largest absolute Gasteiger partial charge is 0.416 e. The first-order valence-corrected chi connectivity index (χ1v) is 8.47. The SMILES string of the molecule is Cc1cncc(CNc2ncc(C(=O)c3cccc(C(F)(F)F)c3)s2)c1. The number of hydrogen-bond donors (Lipinski definition) is 1. The number of aryl methyl sites for hydroxylation is 1. The van der Waals surface area contributed by atoms with Crippen molar-refractivity contribution in [1.82, 2.24) is 9.97 Å². The zero-order valence-electron chi connectivity index (χ0n) is 13.7. The lowest BCUT2D eigenvalue weighted by molar-refractivity contribution is -0.137. The molecule has 0 spiro atoms. The lowest BCUT2D eigenvalue weighted by Gasteiger charge is -2.07. The molecule has 0 atom stereocenters. The molecule has 0 bridgehead atoms. The lowest BCUT2D eigenvalue weighted by Crippen LogP contribution is -2.07. The molecule has 0 aliphatic carbocycles. The van der Waals surface area contributed by atoms with Crippen LogP contribution >= 0.6 is 11.3 Å². The predicted molar refractivity (Wildman–Crippen MR) is 93.3 cm³/mol. The van der Waals surface area contributed by atoms with Crippen LogP contribution in [0.15, 0.2) is 48.9 Å². The average molecular weight is 377 g/mol. The van der Waals surface area contributed by atoms with E-state index in [4.69, 9.17) is 0 Å². The fraction of sp³-hybridized carbons (Fsp3) is 0.167. The molecule has 2 heterocycles. The van der Waals surface area contributed by atoms with Gasteiger partial charge in [0.2, 0.25) is 5.78 Å². The summed E-state index contributed by atoms with van der Waals surface area (Å²) in [7, 11) is 0. The number of rotatable bonds is 5. The number of benzene rings is 1. The van der Waals surface area contributed by atoms with Gasteiger partial charge >= 0.3 is 6.18 Å². The number of nitrogens with one attached hydrogen (secondary N) is 1. The van der Waals surface area contributed by atoms with Crippen molar-refractivity contribution in [2.75, 3.05) is 5.32 Å².